The maximum atomic E-state index is 14.1. The molecule has 9 nitrogen and oxygen atoms in total. The predicted octanol–water partition coefficient (Wildman–Crippen LogP) is 0.370. The largest absolute Gasteiger partial charge is 0.449 e. The number of nitrogens with zero attached hydrogens (tertiary/aromatic N) is 2. The van der Waals surface area contributed by atoms with Crippen molar-refractivity contribution in [1.82, 2.24) is 9.55 Å². The number of aromatic nitrogens is 2. The van der Waals surface area contributed by atoms with E-state index in [4.69, 9.17) is 9.47 Å². The first-order valence-electron chi connectivity index (χ1n) is 7.59. The van der Waals surface area contributed by atoms with Crippen molar-refractivity contribution in [2.45, 2.75) is 51.2 Å². The standard InChI is InChI=1S/C14H20FN3O6/c1-3-4-5-23-14(22)17-11-8(15)6-18(13(21)16-11)12-10(20)9(19)7(2)24-12/h6-7,9-10,12,19-20H,3-5H2,1-2H3,(H,16,17,21,22). The highest BCUT2D eigenvalue weighted by molar-refractivity contribution is 5.83. The van der Waals surface area contributed by atoms with E-state index in [1.165, 1.54) is 6.92 Å². The van der Waals surface area contributed by atoms with E-state index in [-0.39, 0.29) is 6.61 Å². The molecule has 2 rings (SSSR count). The maximum Gasteiger partial charge on any atom is 0.412 e. The van der Waals surface area contributed by atoms with Crippen LogP contribution in [-0.2, 0) is 9.47 Å². The second kappa shape index (κ2) is 7.69. The Morgan fingerprint density at radius 2 is 2.21 bits per heavy atom. The number of hydrogen-bond acceptors (Lipinski definition) is 7. The van der Waals surface area contributed by atoms with Crippen LogP contribution in [0.15, 0.2) is 11.0 Å². The number of ether oxygens (including phenoxy) is 2. The van der Waals surface area contributed by atoms with Gasteiger partial charge in [0.1, 0.15) is 12.2 Å². The summed E-state index contributed by atoms with van der Waals surface area (Å²) in [6.45, 7) is 3.59. The number of carbonyl (C=O) groups is 1. The second-order valence-electron chi connectivity index (χ2n) is 5.45. The molecule has 1 aliphatic rings. The first-order chi connectivity index (χ1) is 11.3. The third-order valence-electron chi connectivity index (χ3n) is 3.61. The van der Waals surface area contributed by atoms with E-state index in [2.05, 4.69) is 4.98 Å². The van der Waals surface area contributed by atoms with Gasteiger partial charge in [0, 0.05) is 0 Å². The Morgan fingerprint density at radius 3 is 2.79 bits per heavy atom. The van der Waals surface area contributed by atoms with E-state index in [0.29, 0.717) is 6.42 Å². The molecule has 1 amide bonds. The van der Waals surface area contributed by atoms with Crippen LogP contribution in [0, 0.1) is 5.82 Å². The topological polar surface area (TPSA) is 123 Å². The summed E-state index contributed by atoms with van der Waals surface area (Å²) >= 11 is 0. The molecule has 0 spiro atoms. The van der Waals surface area contributed by atoms with Gasteiger partial charge in [-0.1, -0.05) is 13.3 Å². The molecule has 0 aromatic carbocycles. The highest BCUT2D eigenvalue weighted by atomic mass is 19.1. The maximum absolute atomic E-state index is 14.1. The lowest BCUT2D eigenvalue weighted by atomic mass is 10.1. The number of rotatable bonds is 5. The number of carbonyl (C=O) groups excluding carboxylic acids is 1. The summed E-state index contributed by atoms with van der Waals surface area (Å²) in [6.07, 6.45) is -3.32. The molecule has 0 aliphatic carbocycles. The van der Waals surface area contributed by atoms with Gasteiger partial charge in [-0.3, -0.25) is 9.88 Å². The SMILES string of the molecule is CCCCOC(=O)Nc1nc(=O)n(C2OC(C)C(O)C2O)cc1F. The van der Waals surface area contributed by atoms with Crippen molar-refractivity contribution in [2.24, 2.45) is 0 Å². The minimum absolute atomic E-state index is 0.166. The number of aliphatic hydroxyl groups is 2. The first-order valence-corrected chi connectivity index (χ1v) is 7.59. The molecule has 0 saturated carbocycles. The highest BCUT2D eigenvalue weighted by Gasteiger charge is 2.42. The van der Waals surface area contributed by atoms with Crippen molar-refractivity contribution in [3.8, 4) is 0 Å². The zero-order valence-corrected chi connectivity index (χ0v) is 13.3. The quantitative estimate of drug-likeness (QED) is 0.659. The van der Waals surface area contributed by atoms with Crippen LogP contribution in [0.1, 0.15) is 32.9 Å². The molecule has 134 valence electrons. The van der Waals surface area contributed by atoms with Gasteiger partial charge in [0.05, 0.1) is 18.9 Å². The van der Waals surface area contributed by atoms with Crippen LogP contribution in [0.25, 0.3) is 0 Å². The van der Waals surface area contributed by atoms with Gasteiger partial charge in [-0.15, -0.1) is 0 Å². The molecule has 24 heavy (non-hydrogen) atoms. The van der Waals surface area contributed by atoms with Gasteiger partial charge in [-0.2, -0.15) is 4.98 Å². The van der Waals surface area contributed by atoms with Crippen molar-refractivity contribution in [3.63, 3.8) is 0 Å². The van der Waals surface area contributed by atoms with E-state index in [9.17, 15) is 24.2 Å². The van der Waals surface area contributed by atoms with Crippen LogP contribution < -0.4 is 11.0 Å². The summed E-state index contributed by atoms with van der Waals surface area (Å²) in [5, 5.41) is 21.6. The van der Waals surface area contributed by atoms with Crippen molar-refractivity contribution in [1.29, 1.82) is 0 Å². The Hall–Kier alpha value is -2.04. The zero-order valence-electron chi connectivity index (χ0n) is 13.3. The summed E-state index contributed by atoms with van der Waals surface area (Å²) in [5.41, 5.74) is -0.953. The molecule has 1 aromatic rings. The Balaban J connectivity index is 2.14. The lowest BCUT2D eigenvalue weighted by Crippen LogP contribution is -2.36. The smallest absolute Gasteiger partial charge is 0.412 e. The molecule has 10 heteroatoms. The molecule has 0 radical (unpaired) electrons. The minimum Gasteiger partial charge on any atom is -0.449 e. The van der Waals surface area contributed by atoms with E-state index >= 15 is 0 Å². The van der Waals surface area contributed by atoms with Crippen molar-refractivity contribution < 1.29 is 28.9 Å². The zero-order chi connectivity index (χ0) is 17.9. The molecule has 1 fully saturated rings. The van der Waals surface area contributed by atoms with Gasteiger partial charge < -0.3 is 19.7 Å². The molecule has 3 N–H and O–H groups in total. The number of aliphatic hydroxyl groups excluding tert-OH is 2. The Kier molecular flexibility index (Phi) is 5.86. The number of unbranched alkanes of at least 4 members (excludes halogenated alkanes) is 1. The monoisotopic (exact) mass is 345 g/mol. The van der Waals surface area contributed by atoms with E-state index < -0.39 is 48.0 Å². The highest BCUT2D eigenvalue weighted by Crippen LogP contribution is 2.28. The molecule has 4 atom stereocenters. The minimum atomic E-state index is -1.41. The Morgan fingerprint density at radius 1 is 1.50 bits per heavy atom. The van der Waals surface area contributed by atoms with Crippen LogP contribution in [0.5, 0.6) is 0 Å². The first kappa shape index (κ1) is 18.3. The summed E-state index contributed by atoms with van der Waals surface area (Å²) in [4.78, 5) is 26.9. The molecule has 1 aromatic heterocycles. The number of halogens is 1. The van der Waals surface area contributed by atoms with Crippen LogP contribution in [0.4, 0.5) is 15.0 Å². The average Bonchev–Trinajstić information content (AvgIpc) is 2.78. The molecule has 1 saturated heterocycles. The summed E-state index contributed by atoms with van der Waals surface area (Å²) in [5.74, 6) is -1.59. The fourth-order valence-electron chi connectivity index (χ4n) is 2.21. The van der Waals surface area contributed by atoms with E-state index in [1.807, 2.05) is 12.2 Å². The number of nitrogens with one attached hydrogen (secondary N) is 1. The summed E-state index contributed by atoms with van der Waals surface area (Å²) in [7, 11) is 0. The molecule has 4 unspecified atom stereocenters. The van der Waals surface area contributed by atoms with Gasteiger partial charge in [-0.05, 0) is 13.3 Å². The Bertz CT molecular complexity index is 652. The van der Waals surface area contributed by atoms with E-state index in [1.54, 1.807) is 0 Å². The fraction of sp³-hybridized carbons (Fsp3) is 0.643. The number of hydrogen-bond donors (Lipinski definition) is 3. The predicted molar refractivity (Wildman–Crippen MR) is 79.9 cm³/mol. The average molecular weight is 345 g/mol. The summed E-state index contributed by atoms with van der Waals surface area (Å²) in [6, 6.07) is 0. The third-order valence-corrected chi connectivity index (χ3v) is 3.61. The number of anilines is 1. The van der Waals surface area contributed by atoms with Gasteiger partial charge >= 0.3 is 11.8 Å². The van der Waals surface area contributed by atoms with Crippen LogP contribution >= 0.6 is 0 Å². The van der Waals surface area contributed by atoms with Gasteiger partial charge in [-0.25, -0.2) is 14.0 Å². The summed E-state index contributed by atoms with van der Waals surface area (Å²) < 4.78 is 24.8. The normalized spacial score (nSPS) is 26.4. The molecule has 0 bridgehead atoms. The second-order valence-corrected chi connectivity index (χ2v) is 5.45. The van der Waals surface area contributed by atoms with E-state index in [0.717, 1.165) is 17.2 Å². The van der Waals surface area contributed by atoms with Crippen LogP contribution in [0.3, 0.4) is 0 Å². The van der Waals surface area contributed by atoms with Crippen LogP contribution in [-0.4, -0.2) is 50.8 Å². The molecule has 2 heterocycles. The lowest BCUT2D eigenvalue weighted by Gasteiger charge is -2.17. The fourth-order valence-corrected chi connectivity index (χ4v) is 2.21. The van der Waals surface area contributed by atoms with Crippen molar-refractivity contribution >= 4 is 11.9 Å². The van der Waals surface area contributed by atoms with Gasteiger partial charge in [0.2, 0.25) is 0 Å². The van der Waals surface area contributed by atoms with Gasteiger partial charge in [0.25, 0.3) is 0 Å². The van der Waals surface area contributed by atoms with Gasteiger partial charge in [0.15, 0.2) is 17.9 Å². The lowest BCUT2D eigenvalue weighted by molar-refractivity contribution is -0.0355. The molecule has 1 aliphatic heterocycles. The number of amides is 1. The van der Waals surface area contributed by atoms with Crippen molar-refractivity contribution in [2.75, 3.05) is 11.9 Å². The van der Waals surface area contributed by atoms with Crippen LogP contribution in [0.2, 0.25) is 0 Å². The third kappa shape index (κ3) is 3.89. The van der Waals surface area contributed by atoms with Crippen molar-refractivity contribution in [3.05, 3.63) is 22.5 Å². The molecular formula is C14H20FN3O6. The Labute approximate surface area is 137 Å². The molecular weight excluding hydrogens is 325 g/mol.